The minimum atomic E-state index is -0.265. The Morgan fingerprint density at radius 1 is 0.867 bits per heavy atom. The summed E-state index contributed by atoms with van der Waals surface area (Å²) >= 11 is 0. The Bertz CT molecular complexity index is 1510. The number of fused-ring (bicyclic) bond motifs is 2. The molecule has 0 aliphatic carbocycles. The van der Waals surface area contributed by atoms with E-state index in [2.05, 4.69) is 36.4 Å². The molecule has 3 N–H and O–H groups in total. The Morgan fingerprint density at radius 2 is 1.83 bits per heavy atom. The molecule has 6 rings (SSSR count). The summed E-state index contributed by atoms with van der Waals surface area (Å²) < 4.78 is 13.8. The van der Waals surface area contributed by atoms with Crippen LogP contribution in [0.15, 0.2) is 73.2 Å². The highest BCUT2D eigenvalue weighted by molar-refractivity contribution is 6.00. The number of nitrogens with zero attached hydrogens (tertiary/aromatic N) is 3. The predicted molar refractivity (Wildman–Crippen MR) is 114 cm³/mol. The summed E-state index contributed by atoms with van der Waals surface area (Å²) in [6, 6.07) is 16.6. The molecule has 144 valence electrons. The van der Waals surface area contributed by atoms with Crippen LogP contribution in [-0.2, 0) is 0 Å². The molecular formula is C23H15FN6. The summed E-state index contributed by atoms with van der Waals surface area (Å²) in [6.07, 6.45) is 5.38. The van der Waals surface area contributed by atoms with Crippen molar-refractivity contribution in [3.63, 3.8) is 0 Å². The fourth-order valence-corrected chi connectivity index (χ4v) is 3.87. The summed E-state index contributed by atoms with van der Waals surface area (Å²) in [5.41, 5.74) is 7.10. The van der Waals surface area contributed by atoms with Gasteiger partial charge >= 0.3 is 0 Å². The van der Waals surface area contributed by atoms with Crippen LogP contribution in [0.4, 0.5) is 4.39 Å². The van der Waals surface area contributed by atoms with E-state index in [0.29, 0.717) is 0 Å². The summed E-state index contributed by atoms with van der Waals surface area (Å²) in [4.78, 5) is 7.82. The van der Waals surface area contributed by atoms with Crippen molar-refractivity contribution in [2.24, 2.45) is 0 Å². The van der Waals surface area contributed by atoms with E-state index < -0.39 is 0 Å². The standard InChI is InChI=1S/C23H15FN6/c24-16-3-1-2-14(8-16)17-6-7-25-23-18(17)10-21(28-23)22-19-9-13(15-11-26-27-12-15)4-5-20(19)29-30-22/h1-12H,(H,25,28)(H,26,27)(H,29,30). The van der Waals surface area contributed by atoms with Gasteiger partial charge in [0.2, 0.25) is 0 Å². The van der Waals surface area contributed by atoms with Crippen LogP contribution >= 0.6 is 0 Å². The van der Waals surface area contributed by atoms with Gasteiger partial charge in [0.25, 0.3) is 0 Å². The van der Waals surface area contributed by atoms with Crippen LogP contribution in [0.3, 0.4) is 0 Å². The van der Waals surface area contributed by atoms with E-state index in [1.165, 1.54) is 12.1 Å². The zero-order chi connectivity index (χ0) is 20.1. The quantitative estimate of drug-likeness (QED) is 0.381. The van der Waals surface area contributed by atoms with Gasteiger partial charge in [-0.05, 0) is 53.1 Å². The van der Waals surface area contributed by atoms with Crippen molar-refractivity contribution >= 4 is 21.9 Å². The number of pyridine rings is 1. The second kappa shape index (κ2) is 6.38. The molecule has 0 saturated heterocycles. The smallest absolute Gasteiger partial charge is 0.138 e. The van der Waals surface area contributed by atoms with Gasteiger partial charge in [-0.15, -0.1) is 0 Å². The van der Waals surface area contributed by atoms with Crippen LogP contribution in [-0.4, -0.2) is 30.4 Å². The van der Waals surface area contributed by atoms with E-state index in [1.54, 1.807) is 18.5 Å². The number of aromatic amines is 3. The van der Waals surface area contributed by atoms with Gasteiger partial charge in [-0.1, -0.05) is 18.2 Å². The molecule has 0 bridgehead atoms. The van der Waals surface area contributed by atoms with Crippen LogP contribution < -0.4 is 0 Å². The van der Waals surface area contributed by atoms with Crippen molar-refractivity contribution in [2.75, 3.05) is 0 Å². The first-order valence-electron chi connectivity index (χ1n) is 9.47. The summed E-state index contributed by atoms with van der Waals surface area (Å²) in [5.74, 6) is -0.265. The molecule has 6 aromatic rings. The zero-order valence-electron chi connectivity index (χ0n) is 15.6. The van der Waals surface area contributed by atoms with E-state index in [-0.39, 0.29) is 5.82 Å². The lowest BCUT2D eigenvalue weighted by molar-refractivity contribution is 0.628. The summed E-state index contributed by atoms with van der Waals surface area (Å²) in [5, 5.41) is 16.4. The third-order valence-electron chi connectivity index (χ3n) is 5.32. The van der Waals surface area contributed by atoms with Crippen molar-refractivity contribution in [1.82, 2.24) is 30.4 Å². The minimum absolute atomic E-state index is 0.265. The monoisotopic (exact) mass is 394 g/mol. The van der Waals surface area contributed by atoms with Gasteiger partial charge in [0.05, 0.1) is 17.4 Å². The lowest BCUT2D eigenvalue weighted by Crippen LogP contribution is -1.83. The first-order chi connectivity index (χ1) is 14.8. The lowest BCUT2D eigenvalue weighted by atomic mass is 10.0. The molecule has 0 saturated carbocycles. The fraction of sp³-hybridized carbons (Fsp3) is 0. The highest BCUT2D eigenvalue weighted by atomic mass is 19.1. The third kappa shape index (κ3) is 2.60. The number of hydrogen-bond donors (Lipinski definition) is 3. The molecule has 0 amide bonds. The van der Waals surface area contributed by atoms with Gasteiger partial charge in [-0.3, -0.25) is 10.2 Å². The van der Waals surface area contributed by atoms with Gasteiger partial charge < -0.3 is 4.98 Å². The number of hydrogen-bond acceptors (Lipinski definition) is 3. The molecular weight excluding hydrogens is 379 g/mol. The number of H-pyrrole nitrogens is 3. The van der Waals surface area contributed by atoms with Gasteiger partial charge in [-0.25, -0.2) is 9.37 Å². The molecule has 0 radical (unpaired) electrons. The van der Waals surface area contributed by atoms with Gasteiger partial charge in [-0.2, -0.15) is 10.2 Å². The third-order valence-corrected chi connectivity index (χ3v) is 5.32. The van der Waals surface area contributed by atoms with E-state index in [9.17, 15) is 4.39 Å². The fourth-order valence-electron chi connectivity index (χ4n) is 3.87. The van der Waals surface area contributed by atoms with Gasteiger partial charge in [0, 0.05) is 28.7 Å². The number of rotatable bonds is 3. The number of aromatic nitrogens is 6. The minimum Gasteiger partial charge on any atom is -0.338 e. The number of benzene rings is 2. The molecule has 0 atom stereocenters. The highest BCUT2D eigenvalue weighted by Crippen LogP contribution is 2.34. The van der Waals surface area contributed by atoms with E-state index in [0.717, 1.165) is 55.6 Å². The molecule has 6 nitrogen and oxygen atoms in total. The SMILES string of the molecule is Fc1cccc(-c2ccnc3[nH]c(-c4n[nH]c5ccc(-c6cn[nH]c6)cc45)cc23)c1. The van der Waals surface area contributed by atoms with Crippen molar-refractivity contribution < 1.29 is 4.39 Å². The number of nitrogens with one attached hydrogen (secondary N) is 3. The normalized spacial score (nSPS) is 11.5. The predicted octanol–water partition coefficient (Wildman–Crippen LogP) is 5.30. The van der Waals surface area contributed by atoms with Gasteiger partial charge in [0.15, 0.2) is 0 Å². The second-order valence-corrected chi connectivity index (χ2v) is 7.13. The van der Waals surface area contributed by atoms with E-state index in [1.807, 2.05) is 36.5 Å². The van der Waals surface area contributed by atoms with Crippen LogP contribution in [0.25, 0.3) is 55.6 Å². The molecule has 0 aliphatic heterocycles. The van der Waals surface area contributed by atoms with E-state index >= 15 is 0 Å². The largest absolute Gasteiger partial charge is 0.338 e. The summed E-state index contributed by atoms with van der Waals surface area (Å²) in [7, 11) is 0. The van der Waals surface area contributed by atoms with Crippen molar-refractivity contribution in [1.29, 1.82) is 0 Å². The Kier molecular flexibility index (Phi) is 3.55. The molecule has 7 heteroatoms. The maximum atomic E-state index is 13.8. The topological polar surface area (TPSA) is 86.0 Å². The molecule has 2 aromatic carbocycles. The molecule has 0 spiro atoms. The zero-order valence-corrected chi connectivity index (χ0v) is 15.6. The average molecular weight is 394 g/mol. The Labute approximate surface area is 169 Å². The highest BCUT2D eigenvalue weighted by Gasteiger charge is 2.15. The Balaban J connectivity index is 1.53. The van der Waals surface area contributed by atoms with Gasteiger partial charge in [0.1, 0.15) is 17.2 Å². The Hall–Kier alpha value is -4.26. The van der Waals surface area contributed by atoms with Crippen molar-refractivity contribution in [3.05, 3.63) is 79.0 Å². The van der Waals surface area contributed by atoms with Crippen LogP contribution in [0, 0.1) is 5.82 Å². The van der Waals surface area contributed by atoms with E-state index in [4.69, 9.17) is 0 Å². The average Bonchev–Trinajstić information content (AvgIpc) is 3.51. The molecule has 4 aromatic heterocycles. The molecule has 0 fully saturated rings. The Morgan fingerprint density at radius 3 is 2.70 bits per heavy atom. The maximum Gasteiger partial charge on any atom is 0.138 e. The molecule has 30 heavy (non-hydrogen) atoms. The molecule has 0 aliphatic rings. The van der Waals surface area contributed by atoms with Crippen LogP contribution in [0.1, 0.15) is 0 Å². The van der Waals surface area contributed by atoms with Crippen LogP contribution in [0.5, 0.6) is 0 Å². The van der Waals surface area contributed by atoms with Crippen LogP contribution in [0.2, 0.25) is 0 Å². The molecule has 0 unspecified atom stereocenters. The van der Waals surface area contributed by atoms with Crippen molar-refractivity contribution in [2.45, 2.75) is 0 Å². The maximum absolute atomic E-state index is 13.8. The number of halogens is 1. The first-order valence-corrected chi connectivity index (χ1v) is 9.47. The molecule has 4 heterocycles. The lowest BCUT2D eigenvalue weighted by Gasteiger charge is -2.02. The first kappa shape index (κ1) is 16.7. The van der Waals surface area contributed by atoms with Crippen molar-refractivity contribution in [3.8, 4) is 33.6 Å². The second-order valence-electron chi connectivity index (χ2n) is 7.13. The summed E-state index contributed by atoms with van der Waals surface area (Å²) in [6.45, 7) is 0.